The highest BCUT2D eigenvalue weighted by atomic mass is 19.1. The number of hydrogen-bond acceptors (Lipinski definition) is 4. The lowest BCUT2D eigenvalue weighted by Gasteiger charge is -2.10. The molecule has 2 aromatic carbocycles. The molecule has 0 saturated heterocycles. The predicted octanol–water partition coefficient (Wildman–Crippen LogP) is 4.80. The van der Waals surface area contributed by atoms with Gasteiger partial charge >= 0.3 is 0 Å². The van der Waals surface area contributed by atoms with E-state index in [0.29, 0.717) is 24.0 Å². The second kappa shape index (κ2) is 7.45. The third-order valence-corrected chi connectivity index (χ3v) is 4.30. The van der Waals surface area contributed by atoms with Crippen LogP contribution in [0.15, 0.2) is 60.8 Å². The highest BCUT2D eigenvalue weighted by molar-refractivity contribution is 5.83. The van der Waals surface area contributed by atoms with Gasteiger partial charge in [-0.05, 0) is 43.2 Å². The Balaban J connectivity index is 1.43. The van der Waals surface area contributed by atoms with E-state index >= 15 is 0 Å². The summed E-state index contributed by atoms with van der Waals surface area (Å²) >= 11 is 0. The molecule has 136 valence electrons. The summed E-state index contributed by atoms with van der Waals surface area (Å²) in [6.07, 6.45) is 2.90. The van der Waals surface area contributed by atoms with Crippen LogP contribution in [0.1, 0.15) is 11.3 Å². The van der Waals surface area contributed by atoms with Crippen LogP contribution >= 0.6 is 0 Å². The maximum absolute atomic E-state index is 13.4. The highest BCUT2D eigenvalue weighted by Gasteiger charge is 2.06. The Morgan fingerprint density at radius 3 is 2.81 bits per heavy atom. The van der Waals surface area contributed by atoms with Crippen LogP contribution in [-0.2, 0) is 6.42 Å². The van der Waals surface area contributed by atoms with E-state index in [4.69, 9.17) is 0 Å². The number of nitrogens with one attached hydrogen (secondary N) is 3. The van der Waals surface area contributed by atoms with Gasteiger partial charge in [0, 0.05) is 41.1 Å². The van der Waals surface area contributed by atoms with E-state index < -0.39 is 0 Å². The van der Waals surface area contributed by atoms with Crippen LogP contribution in [0.5, 0.6) is 0 Å². The average Bonchev–Trinajstić information content (AvgIpc) is 3.05. The van der Waals surface area contributed by atoms with Crippen LogP contribution in [0.3, 0.4) is 0 Å². The lowest BCUT2D eigenvalue weighted by atomic mass is 10.1. The molecule has 2 aromatic heterocycles. The maximum atomic E-state index is 13.4. The van der Waals surface area contributed by atoms with Crippen molar-refractivity contribution < 1.29 is 4.39 Å². The van der Waals surface area contributed by atoms with Crippen LogP contribution < -0.4 is 10.6 Å². The van der Waals surface area contributed by atoms with Gasteiger partial charge in [0.2, 0.25) is 5.95 Å². The predicted molar refractivity (Wildman–Crippen MR) is 107 cm³/mol. The number of hydrogen-bond donors (Lipinski definition) is 3. The summed E-state index contributed by atoms with van der Waals surface area (Å²) in [4.78, 5) is 12.2. The first-order valence-corrected chi connectivity index (χ1v) is 8.84. The zero-order valence-corrected chi connectivity index (χ0v) is 15.0. The number of aromatic amines is 1. The second-order valence-corrected chi connectivity index (χ2v) is 6.39. The van der Waals surface area contributed by atoms with Gasteiger partial charge in [0.25, 0.3) is 0 Å². The van der Waals surface area contributed by atoms with Crippen molar-refractivity contribution in [1.82, 2.24) is 15.0 Å². The molecule has 0 saturated carbocycles. The smallest absolute Gasteiger partial charge is 0.224 e. The third-order valence-electron chi connectivity index (χ3n) is 4.30. The number of fused-ring (bicyclic) bond motifs is 1. The number of anilines is 3. The monoisotopic (exact) mass is 361 g/mol. The maximum Gasteiger partial charge on any atom is 0.224 e. The van der Waals surface area contributed by atoms with E-state index in [1.165, 1.54) is 23.1 Å². The van der Waals surface area contributed by atoms with Gasteiger partial charge in [-0.1, -0.05) is 24.3 Å². The molecule has 4 aromatic rings. The molecule has 0 bridgehead atoms. The number of nitrogens with zero attached hydrogens (tertiary/aromatic N) is 2. The van der Waals surface area contributed by atoms with Crippen molar-refractivity contribution in [2.75, 3.05) is 17.2 Å². The first-order valence-electron chi connectivity index (χ1n) is 8.84. The Morgan fingerprint density at radius 2 is 1.93 bits per heavy atom. The van der Waals surface area contributed by atoms with E-state index in [9.17, 15) is 4.39 Å². The zero-order chi connectivity index (χ0) is 18.6. The average molecular weight is 361 g/mol. The molecule has 0 unspecified atom stereocenters. The molecule has 0 radical (unpaired) electrons. The second-order valence-electron chi connectivity index (χ2n) is 6.39. The molecule has 27 heavy (non-hydrogen) atoms. The van der Waals surface area contributed by atoms with Gasteiger partial charge in [-0.25, -0.2) is 9.37 Å². The highest BCUT2D eigenvalue weighted by Crippen LogP contribution is 2.19. The summed E-state index contributed by atoms with van der Waals surface area (Å²) in [6.45, 7) is 2.62. The molecular weight excluding hydrogens is 341 g/mol. The van der Waals surface area contributed by atoms with Gasteiger partial charge in [0.15, 0.2) is 0 Å². The van der Waals surface area contributed by atoms with E-state index in [2.05, 4.69) is 37.7 Å². The number of para-hydroxylation sites is 1. The molecule has 0 aliphatic heterocycles. The van der Waals surface area contributed by atoms with Gasteiger partial charge in [-0.3, -0.25) is 0 Å². The largest absolute Gasteiger partial charge is 0.361 e. The molecule has 6 heteroatoms. The number of aromatic nitrogens is 3. The number of aryl methyl sites for hydroxylation is 1. The van der Waals surface area contributed by atoms with Gasteiger partial charge in [0.1, 0.15) is 11.6 Å². The molecule has 0 aliphatic rings. The van der Waals surface area contributed by atoms with Crippen molar-refractivity contribution in [3.05, 3.63) is 77.9 Å². The fourth-order valence-electron chi connectivity index (χ4n) is 3.07. The summed E-state index contributed by atoms with van der Waals surface area (Å²) < 4.78 is 13.4. The minimum Gasteiger partial charge on any atom is -0.361 e. The van der Waals surface area contributed by atoms with Gasteiger partial charge in [-0.2, -0.15) is 4.98 Å². The first kappa shape index (κ1) is 17.0. The molecule has 0 spiro atoms. The van der Waals surface area contributed by atoms with Crippen LogP contribution in [0.25, 0.3) is 10.9 Å². The van der Waals surface area contributed by atoms with E-state index in [0.717, 1.165) is 17.6 Å². The molecule has 3 N–H and O–H groups in total. The summed E-state index contributed by atoms with van der Waals surface area (Å²) in [5, 5.41) is 7.63. The standard InChI is InChI=1S/C21H20FN5/c1-14-11-20(26-17-6-4-5-16(22)12-17)27-21(25-14)23-10-9-15-13-24-19-8-3-2-7-18(15)19/h2-8,11-13,24H,9-10H2,1H3,(H2,23,25,26,27). The van der Waals surface area contributed by atoms with E-state index in [1.807, 2.05) is 31.3 Å². The third kappa shape index (κ3) is 4.06. The van der Waals surface area contributed by atoms with Crippen molar-refractivity contribution in [1.29, 1.82) is 0 Å². The summed E-state index contributed by atoms with van der Waals surface area (Å²) in [5.74, 6) is 0.888. The fraction of sp³-hybridized carbons (Fsp3) is 0.143. The van der Waals surface area contributed by atoms with Crippen LogP contribution in [0, 0.1) is 12.7 Å². The van der Waals surface area contributed by atoms with E-state index in [1.54, 1.807) is 12.1 Å². The Kier molecular flexibility index (Phi) is 4.70. The Morgan fingerprint density at radius 1 is 1.04 bits per heavy atom. The topological polar surface area (TPSA) is 65.6 Å². The normalized spacial score (nSPS) is 10.9. The summed E-state index contributed by atoms with van der Waals surface area (Å²) in [5.41, 5.74) is 3.88. The number of halogens is 1. The molecule has 0 amide bonds. The van der Waals surface area contributed by atoms with Crippen LogP contribution in [-0.4, -0.2) is 21.5 Å². The first-order chi connectivity index (χ1) is 13.2. The number of rotatable bonds is 6. The van der Waals surface area contributed by atoms with Crippen molar-refractivity contribution in [3.63, 3.8) is 0 Å². The molecule has 0 fully saturated rings. The molecule has 4 rings (SSSR count). The van der Waals surface area contributed by atoms with Gasteiger partial charge in [-0.15, -0.1) is 0 Å². The van der Waals surface area contributed by atoms with Crippen molar-refractivity contribution in [2.45, 2.75) is 13.3 Å². The molecule has 2 heterocycles. The van der Waals surface area contributed by atoms with E-state index in [-0.39, 0.29) is 5.82 Å². The van der Waals surface area contributed by atoms with Crippen molar-refractivity contribution >= 4 is 28.4 Å². The lowest BCUT2D eigenvalue weighted by Crippen LogP contribution is -2.09. The Bertz CT molecular complexity index is 1070. The fourth-order valence-corrected chi connectivity index (χ4v) is 3.07. The molecular formula is C21H20FN5. The lowest BCUT2D eigenvalue weighted by molar-refractivity contribution is 0.628. The SMILES string of the molecule is Cc1cc(Nc2cccc(F)c2)nc(NCCc2c[nH]c3ccccc23)n1. The molecule has 5 nitrogen and oxygen atoms in total. The Labute approximate surface area is 156 Å². The van der Waals surface area contributed by atoms with Crippen LogP contribution in [0.2, 0.25) is 0 Å². The van der Waals surface area contributed by atoms with Crippen LogP contribution in [0.4, 0.5) is 21.8 Å². The van der Waals surface area contributed by atoms with Gasteiger partial charge < -0.3 is 15.6 Å². The zero-order valence-electron chi connectivity index (χ0n) is 15.0. The van der Waals surface area contributed by atoms with Gasteiger partial charge in [0.05, 0.1) is 0 Å². The summed E-state index contributed by atoms with van der Waals surface area (Å²) in [7, 11) is 0. The quantitative estimate of drug-likeness (QED) is 0.461. The summed E-state index contributed by atoms with van der Waals surface area (Å²) in [6, 6.07) is 16.4. The molecule has 0 atom stereocenters. The Hall–Kier alpha value is -3.41. The van der Waals surface area contributed by atoms with Crippen molar-refractivity contribution in [3.8, 4) is 0 Å². The minimum absolute atomic E-state index is 0.289. The number of benzene rings is 2. The minimum atomic E-state index is -0.289. The van der Waals surface area contributed by atoms with Crippen molar-refractivity contribution in [2.24, 2.45) is 0 Å². The number of H-pyrrole nitrogens is 1. The molecule has 0 aliphatic carbocycles.